The first-order valence-electron chi connectivity index (χ1n) is 9.56. The minimum atomic E-state index is 0. The van der Waals surface area contributed by atoms with Gasteiger partial charge in [0.15, 0.2) is 5.96 Å². The monoisotopic (exact) mass is 504 g/mol. The van der Waals surface area contributed by atoms with Crippen LogP contribution in [0.4, 0.5) is 0 Å². The number of nitrogens with one attached hydrogen (secondary N) is 3. The van der Waals surface area contributed by atoms with Gasteiger partial charge in [-0.15, -0.1) is 24.0 Å². The van der Waals surface area contributed by atoms with Crippen molar-refractivity contribution >= 4 is 35.8 Å². The molecule has 0 heterocycles. The van der Waals surface area contributed by atoms with Crippen LogP contribution in [0.25, 0.3) is 0 Å². The van der Waals surface area contributed by atoms with Gasteiger partial charge in [-0.1, -0.05) is 6.42 Å². The van der Waals surface area contributed by atoms with Gasteiger partial charge in [0.1, 0.15) is 11.5 Å². The number of rotatable bonds is 6. The third-order valence-corrected chi connectivity index (χ3v) is 4.77. The number of methoxy groups -OCH3 is 1. The van der Waals surface area contributed by atoms with Crippen LogP contribution in [-0.4, -0.2) is 43.2 Å². The Balaban J connectivity index is 0.00000392. The van der Waals surface area contributed by atoms with E-state index in [-0.39, 0.29) is 53.6 Å². The summed E-state index contributed by atoms with van der Waals surface area (Å²) in [4.78, 5) is 16.6. The number of benzene rings is 1. The summed E-state index contributed by atoms with van der Waals surface area (Å²) in [6.45, 7) is 4.39. The first-order chi connectivity index (χ1) is 12.9. The first-order valence-corrected chi connectivity index (χ1v) is 9.56. The van der Waals surface area contributed by atoms with Gasteiger partial charge < -0.3 is 25.8 Å². The number of carbonyl (C=O) groups excluding carboxylic acids is 1. The molecule has 1 aliphatic carbocycles. The molecule has 0 aliphatic heterocycles. The molecule has 4 N–H and O–H groups in total. The van der Waals surface area contributed by atoms with Crippen molar-refractivity contribution in [2.75, 3.05) is 14.2 Å². The molecule has 28 heavy (non-hydrogen) atoms. The Morgan fingerprint density at radius 1 is 1.36 bits per heavy atom. The number of halogens is 1. The van der Waals surface area contributed by atoms with Crippen molar-refractivity contribution in [1.29, 1.82) is 0 Å². The summed E-state index contributed by atoms with van der Waals surface area (Å²) >= 11 is 0. The van der Waals surface area contributed by atoms with Crippen LogP contribution in [-0.2, 0) is 11.3 Å². The fourth-order valence-corrected chi connectivity index (χ4v) is 3.36. The molecule has 2 rings (SSSR count). The molecule has 0 spiro atoms. The molecule has 1 amide bonds. The lowest BCUT2D eigenvalue weighted by atomic mass is 9.85. The number of ether oxygens (including phenoxy) is 1. The molecule has 0 bridgehead atoms. The van der Waals surface area contributed by atoms with E-state index < -0.39 is 0 Å². The fraction of sp³-hybridized carbons (Fsp3) is 0.600. The van der Waals surface area contributed by atoms with Crippen molar-refractivity contribution in [3.8, 4) is 11.5 Å². The number of carbonyl (C=O) groups is 1. The van der Waals surface area contributed by atoms with Gasteiger partial charge in [0, 0.05) is 37.2 Å². The maximum absolute atomic E-state index is 12.3. The van der Waals surface area contributed by atoms with Gasteiger partial charge in [-0.25, -0.2) is 0 Å². The summed E-state index contributed by atoms with van der Waals surface area (Å²) in [6, 6.07) is 5.49. The summed E-state index contributed by atoms with van der Waals surface area (Å²) < 4.78 is 5.20. The molecule has 0 radical (unpaired) electrons. The quantitative estimate of drug-likeness (QED) is 0.272. The number of phenolic OH excluding ortho intramolecular Hbond substituents is 1. The zero-order chi connectivity index (χ0) is 19.8. The van der Waals surface area contributed by atoms with E-state index in [4.69, 9.17) is 4.74 Å². The maximum atomic E-state index is 12.3. The van der Waals surface area contributed by atoms with Gasteiger partial charge in [0.25, 0.3) is 0 Å². The average Bonchev–Trinajstić information content (AvgIpc) is 2.65. The number of nitrogens with zero attached hydrogens (tertiary/aromatic N) is 1. The Bertz CT molecular complexity index is 667. The van der Waals surface area contributed by atoms with Crippen molar-refractivity contribution in [1.82, 2.24) is 16.0 Å². The lowest BCUT2D eigenvalue weighted by Gasteiger charge is -2.30. The number of aromatic hydroxyl groups is 1. The Hall–Kier alpha value is -1.71. The maximum Gasteiger partial charge on any atom is 0.223 e. The van der Waals surface area contributed by atoms with Crippen molar-refractivity contribution in [3.05, 3.63) is 23.8 Å². The van der Waals surface area contributed by atoms with Crippen LogP contribution in [0.3, 0.4) is 0 Å². The summed E-state index contributed by atoms with van der Waals surface area (Å²) in [5.74, 6) is 1.74. The second-order valence-corrected chi connectivity index (χ2v) is 7.29. The SMILES string of the molecule is CN=C(NCc1cc(OC)ccc1O)NC1CCCC(C(=O)NC(C)C)C1.I. The molecule has 0 saturated heterocycles. The number of aliphatic imine (C=N–C) groups is 1. The minimum Gasteiger partial charge on any atom is -0.508 e. The van der Waals surface area contributed by atoms with Crippen LogP contribution in [0.2, 0.25) is 0 Å². The number of guanidine groups is 1. The van der Waals surface area contributed by atoms with E-state index in [0.717, 1.165) is 31.2 Å². The summed E-state index contributed by atoms with van der Waals surface area (Å²) in [5.41, 5.74) is 0.732. The molecule has 0 aromatic heterocycles. The van der Waals surface area contributed by atoms with Gasteiger partial charge in [0.05, 0.1) is 7.11 Å². The third-order valence-electron chi connectivity index (χ3n) is 4.77. The molecular weight excluding hydrogens is 471 g/mol. The smallest absolute Gasteiger partial charge is 0.223 e. The van der Waals surface area contributed by atoms with Crippen molar-refractivity contribution in [2.24, 2.45) is 10.9 Å². The van der Waals surface area contributed by atoms with Gasteiger partial charge >= 0.3 is 0 Å². The zero-order valence-electron chi connectivity index (χ0n) is 17.1. The van der Waals surface area contributed by atoms with E-state index in [2.05, 4.69) is 20.9 Å². The molecule has 1 fully saturated rings. The van der Waals surface area contributed by atoms with Gasteiger partial charge in [-0.05, 0) is 51.3 Å². The highest BCUT2D eigenvalue weighted by Crippen LogP contribution is 2.25. The molecule has 8 heteroatoms. The van der Waals surface area contributed by atoms with Crippen LogP contribution in [0.5, 0.6) is 11.5 Å². The van der Waals surface area contributed by atoms with E-state index in [1.54, 1.807) is 32.4 Å². The number of amides is 1. The number of phenols is 1. The highest BCUT2D eigenvalue weighted by atomic mass is 127. The number of hydrogen-bond acceptors (Lipinski definition) is 4. The lowest BCUT2D eigenvalue weighted by molar-refractivity contribution is -0.126. The molecule has 158 valence electrons. The molecular formula is C20H33IN4O3. The largest absolute Gasteiger partial charge is 0.508 e. The average molecular weight is 504 g/mol. The Kier molecular flexibility index (Phi) is 10.4. The molecule has 1 aromatic rings. The van der Waals surface area contributed by atoms with Gasteiger partial charge in [0.2, 0.25) is 5.91 Å². The van der Waals surface area contributed by atoms with Crippen molar-refractivity contribution < 1.29 is 14.6 Å². The van der Waals surface area contributed by atoms with Crippen LogP contribution in [0, 0.1) is 5.92 Å². The number of hydrogen-bond donors (Lipinski definition) is 4. The van der Waals surface area contributed by atoms with Crippen molar-refractivity contribution in [3.63, 3.8) is 0 Å². The lowest BCUT2D eigenvalue weighted by Crippen LogP contribution is -2.47. The van der Waals surface area contributed by atoms with E-state index >= 15 is 0 Å². The second-order valence-electron chi connectivity index (χ2n) is 7.29. The van der Waals surface area contributed by atoms with Gasteiger partial charge in [-0.2, -0.15) is 0 Å². The summed E-state index contributed by atoms with van der Waals surface area (Å²) in [5, 5.41) is 19.6. The van der Waals surface area contributed by atoms with E-state index in [1.807, 2.05) is 13.8 Å². The standard InChI is InChI=1S/C20H32N4O3.HI/c1-13(2)23-19(26)14-6-5-7-16(10-14)24-20(21-3)22-12-15-11-17(27-4)8-9-18(15)25;/h8-9,11,13-14,16,25H,5-7,10,12H2,1-4H3,(H,23,26)(H2,21,22,24);1H. The van der Waals surface area contributed by atoms with Crippen LogP contribution < -0.4 is 20.7 Å². The molecule has 1 aliphatic rings. The van der Waals surface area contributed by atoms with E-state index in [9.17, 15) is 9.90 Å². The second kappa shape index (κ2) is 12.0. The zero-order valence-corrected chi connectivity index (χ0v) is 19.4. The highest BCUT2D eigenvalue weighted by molar-refractivity contribution is 14.0. The van der Waals surface area contributed by atoms with Gasteiger partial charge in [-0.3, -0.25) is 9.79 Å². The summed E-state index contributed by atoms with van der Waals surface area (Å²) in [7, 11) is 3.31. The fourth-order valence-electron chi connectivity index (χ4n) is 3.36. The normalized spacial score (nSPS) is 19.5. The molecule has 2 atom stereocenters. The Morgan fingerprint density at radius 3 is 2.75 bits per heavy atom. The van der Waals surface area contributed by atoms with Crippen LogP contribution in [0.15, 0.2) is 23.2 Å². The summed E-state index contributed by atoms with van der Waals surface area (Å²) in [6.07, 6.45) is 3.75. The highest BCUT2D eigenvalue weighted by Gasteiger charge is 2.28. The molecule has 1 aromatic carbocycles. The Morgan fingerprint density at radius 2 is 2.11 bits per heavy atom. The molecule has 2 unspecified atom stereocenters. The van der Waals surface area contributed by atoms with Crippen LogP contribution in [0.1, 0.15) is 45.1 Å². The molecule has 7 nitrogen and oxygen atoms in total. The van der Waals surface area contributed by atoms with Crippen molar-refractivity contribution in [2.45, 2.75) is 58.2 Å². The first kappa shape index (κ1) is 24.3. The minimum absolute atomic E-state index is 0. The predicted octanol–water partition coefficient (Wildman–Crippen LogP) is 2.77. The van der Waals surface area contributed by atoms with E-state index in [0.29, 0.717) is 18.3 Å². The molecule has 1 saturated carbocycles. The topological polar surface area (TPSA) is 95.0 Å². The van der Waals surface area contributed by atoms with Crippen LogP contribution >= 0.6 is 24.0 Å². The Labute approximate surface area is 184 Å². The van der Waals surface area contributed by atoms with E-state index in [1.165, 1.54) is 0 Å². The third kappa shape index (κ3) is 7.37. The predicted molar refractivity (Wildman–Crippen MR) is 122 cm³/mol.